The van der Waals surface area contributed by atoms with Gasteiger partial charge in [-0.15, -0.1) is 0 Å². The molecule has 1 N–H and O–H groups in total. The maximum Gasteiger partial charge on any atom is 0.321 e. The number of hydrogen-bond acceptors (Lipinski definition) is 3. The molecule has 0 saturated carbocycles. The number of nitrogens with zero attached hydrogens (tertiary/aromatic N) is 1. The first kappa shape index (κ1) is 21.6. The van der Waals surface area contributed by atoms with Crippen molar-refractivity contribution in [1.82, 2.24) is 4.90 Å². The molecule has 32 heavy (non-hydrogen) atoms. The van der Waals surface area contributed by atoms with E-state index < -0.39 is 0 Å². The number of hydrogen-bond donors (Lipinski definition) is 1. The summed E-state index contributed by atoms with van der Waals surface area (Å²) in [6.45, 7) is 3.01. The number of benzene rings is 3. The van der Waals surface area contributed by atoms with Crippen molar-refractivity contribution in [2.45, 2.75) is 19.8 Å². The van der Waals surface area contributed by atoms with Crippen molar-refractivity contribution < 1.29 is 14.3 Å². The van der Waals surface area contributed by atoms with Gasteiger partial charge < -0.3 is 15.0 Å². The van der Waals surface area contributed by atoms with Crippen LogP contribution in [0.15, 0.2) is 72.8 Å². The minimum absolute atomic E-state index is 0.0998. The third kappa shape index (κ3) is 4.83. The highest BCUT2D eigenvalue weighted by Crippen LogP contribution is 2.26. The van der Waals surface area contributed by atoms with Gasteiger partial charge in [-0.1, -0.05) is 54.6 Å². The van der Waals surface area contributed by atoms with E-state index in [1.165, 1.54) is 0 Å². The number of nitrogens with one attached hydrogen (secondary N) is 1. The lowest BCUT2D eigenvalue weighted by atomic mass is 9.89. The van der Waals surface area contributed by atoms with Crippen molar-refractivity contribution in [2.24, 2.45) is 5.92 Å². The Morgan fingerprint density at radius 2 is 1.69 bits per heavy atom. The molecule has 1 aliphatic rings. The Morgan fingerprint density at radius 3 is 2.38 bits per heavy atom. The van der Waals surface area contributed by atoms with E-state index >= 15 is 0 Å². The Bertz CT molecular complexity index is 1090. The highest BCUT2D eigenvalue weighted by Gasteiger charge is 2.29. The second kappa shape index (κ2) is 9.69. The van der Waals surface area contributed by atoms with Crippen LogP contribution in [0.2, 0.25) is 0 Å². The molecule has 164 valence electrons. The molecule has 1 fully saturated rings. The first-order valence-electron chi connectivity index (χ1n) is 11.0. The standard InChI is InChI=1S/C27H28N2O3/c1-19-17-24(32-2)14-15-25(19)28-27(31)29-16-6-9-23(18-29)26(30)22-12-10-21(11-13-22)20-7-4-3-5-8-20/h3-5,7-8,10-15,17,23H,6,9,16,18H2,1-2H3,(H,28,31)/t23-/m0/s1. The van der Waals surface area contributed by atoms with Gasteiger partial charge in [0.15, 0.2) is 5.78 Å². The van der Waals surface area contributed by atoms with Gasteiger partial charge >= 0.3 is 6.03 Å². The summed E-state index contributed by atoms with van der Waals surface area (Å²) >= 11 is 0. The second-order valence-corrected chi connectivity index (χ2v) is 8.20. The number of urea groups is 1. The van der Waals surface area contributed by atoms with E-state index in [1.807, 2.05) is 67.6 Å². The zero-order valence-electron chi connectivity index (χ0n) is 18.5. The van der Waals surface area contributed by atoms with Crippen molar-refractivity contribution >= 4 is 17.5 Å². The number of piperidine rings is 1. The van der Waals surface area contributed by atoms with Crippen LogP contribution >= 0.6 is 0 Å². The van der Waals surface area contributed by atoms with E-state index in [0.29, 0.717) is 18.7 Å². The minimum Gasteiger partial charge on any atom is -0.497 e. The highest BCUT2D eigenvalue weighted by atomic mass is 16.5. The summed E-state index contributed by atoms with van der Waals surface area (Å²) in [5.41, 5.74) is 4.59. The lowest BCUT2D eigenvalue weighted by molar-refractivity contribution is 0.0851. The number of rotatable bonds is 5. The average Bonchev–Trinajstić information content (AvgIpc) is 2.85. The average molecular weight is 429 g/mol. The number of ether oxygens (including phenoxy) is 1. The van der Waals surface area contributed by atoms with Crippen LogP contribution in [0, 0.1) is 12.8 Å². The topological polar surface area (TPSA) is 58.6 Å². The van der Waals surface area contributed by atoms with Gasteiger partial charge in [0.2, 0.25) is 0 Å². The van der Waals surface area contributed by atoms with Crippen molar-refractivity contribution in [3.63, 3.8) is 0 Å². The van der Waals surface area contributed by atoms with Crippen LogP contribution in [0.25, 0.3) is 11.1 Å². The highest BCUT2D eigenvalue weighted by molar-refractivity contribution is 5.99. The smallest absolute Gasteiger partial charge is 0.321 e. The molecule has 5 nitrogen and oxygen atoms in total. The van der Waals surface area contributed by atoms with E-state index in [0.717, 1.165) is 41.0 Å². The maximum absolute atomic E-state index is 13.1. The van der Waals surface area contributed by atoms with Crippen LogP contribution in [-0.2, 0) is 0 Å². The molecule has 1 aliphatic heterocycles. The molecule has 1 saturated heterocycles. The molecule has 0 spiro atoms. The van der Waals surface area contributed by atoms with E-state index in [1.54, 1.807) is 12.0 Å². The quantitative estimate of drug-likeness (QED) is 0.523. The van der Waals surface area contributed by atoms with Gasteiger partial charge in [-0.25, -0.2) is 4.79 Å². The molecule has 0 aromatic heterocycles. The molecule has 1 heterocycles. The second-order valence-electron chi connectivity index (χ2n) is 8.20. The Labute approximate surface area is 189 Å². The maximum atomic E-state index is 13.1. The number of carbonyl (C=O) groups is 2. The molecule has 1 atom stereocenters. The van der Waals surface area contributed by atoms with Crippen molar-refractivity contribution in [3.05, 3.63) is 83.9 Å². The van der Waals surface area contributed by atoms with Crippen molar-refractivity contribution in [1.29, 1.82) is 0 Å². The third-order valence-corrected chi connectivity index (χ3v) is 6.03. The van der Waals surface area contributed by atoms with Crippen LogP contribution in [0.4, 0.5) is 10.5 Å². The minimum atomic E-state index is -0.186. The number of methoxy groups -OCH3 is 1. The Hall–Kier alpha value is -3.60. The number of aryl methyl sites for hydroxylation is 1. The fraction of sp³-hybridized carbons (Fsp3) is 0.259. The lowest BCUT2D eigenvalue weighted by Crippen LogP contribution is -2.44. The number of carbonyl (C=O) groups excluding carboxylic acids is 2. The van der Waals surface area contributed by atoms with E-state index in [9.17, 15) is 9.59 Å². The molecule has 2 amide bonds. The predicted molar refractivity (Wildman–Crippen MR) is 127 cm³/mol. The largest absolute Gasteiger partial charge is 0.497 e. The first-order chi connectivity index (χ1) is 15.5. The molecule has 4 rings (SSSR count). The summed E-state index contributed by atoms with van der Waals surface area (Å²) < 4.78 is 5.23. The van der Waals surface area contributed by atoms with Gasteiger partial charge in [0.05, 0.1) is 7.11 Å². The zero-order valence-corrected chi connectivity index (χ0v) is 18.5. The fourth-order valence-electron chi connectivity index (χ4n) is 4.17. The molecule has 3 aromatic carbocycles. The number of amides is 2. The van der Waals surface area contributed by atoms with Gasteiger partial charge in [0.1, 0.15) is 5.75 Å². The summed E-state index contributed by atoms with van der Waals surface area (Å²) in [6.07, 6.45) is 1.61. The normalized spacial score (nSPS) is 15.8. The number of anilines is 1. The molecule has 0 bridgehead atoms. The molecule has 3 aromatic rings. The van der Waals surface area contributed by atoms with Crippen LogP contribution in [0.3, 0.4) is 0 Å². The van der Waals surface area contributed by atoms with E-state index in [2.05, 4.69) is 17.4 Å². The van der Waals surface area contributed by atoms with Crippen molar-refractivity contribution in [2.75, 3.05) is 25.5 Å². The Morgan fingerprint density at radius 1 is 0.969 bits per heavy atom. The van der Waals surface area contributed by atoms with Crippen LogP contribution in [0.1, 0.15) is 28.8 Å². The molecular weight excluding hydrogens is 400 g/mol. The molecule has 0 radical (unpaired) electrons. The van der Waals surface area contributed by atoms with Crippen LogP contribution in [-0.4, -0.2) is 36.9 Å². The molecular formula is C27H28N2O3. The summed E-state index contributed by atoms with van der Waals surface area (Å²) in [7, 11) is 1.62. The molecule has 5 heteroatoms. The monoisotopic (exact) mass is 428 g/mol. The zero-order chi connectivity index (χ0) is 22.5. The number of likely N-dealkylation sites (tertiary alicyclic amines) is 1. The SMILES string of the molecule is COc1ccc(NC(=O)N2CCC[C@H](C(=O)c3ccc(-c4ccccc4)cc3)C2)c(C)c1. The lowest BCUT2D eigenvalue weighted by Gasteiger charge is -2.32. The molecule has 0 aliphatic carbocycles. The van der Waals surface area contributed by atoms with E-state index in [-0.39, 0.29) is 17.7 Å². The summed E-state index contributed by atoms with van der Waals surface area (Å²) in [5, 5.41) is 2.98. The van der Waals surface area contributed by atoms with Crippen molar-refractivity contribution in [3.8, 4) is 16.9 Å². The van der Waals surface area contributed by atoms with Crippen LogP contribution in [0.5, 0.6) is 5.75 Å². The predicted octanol–water partition coefficient (Wildman–Crippen LogP) is 5.80. The fourth-order valence-corrected chi connectivity index (χ4v) is 4.17. The number of Topliss-reactive ketones (excluding diaryl/α,β-unsaturated/α-hetero) is 1. The summed E-state index contributed by atoms with van der Waals surface area (Å²) in [6, 6.07) is 23.2. The van der Waals surface area contributed by atoms with Gasteiger partial charge in [-0.3, -0.25) is 4.79 Å². The summed E-state index contributed by atoms with van der Waals surface area (Å²) in [4.78, 5) is 27.7. The van der Waals surface area contributed by atoms with Crippen LogP contribution < -0.4 is 10.1 Å². The van der Waals surface area contributed by atoms with Gasteiger partial charge in [-0.2, -0.15) is 0 Å². The molecule has 0 unspecified atom stereocenters. The van der Waals surface area contributed by atoms with Gasteiger partial charge in [-0.05, 0) is 54.7 Å². The third-order valence-electron chi connectivity index (χ3n) is 6.03. The van der Waals surface area contributed by atoms with Gasteiger partial charge in [0.25, 0.3) is 0 Å². The Kier molecular flexibility index (Phi) is 6.55. The first-order valence-corrected chi connectivity index (χ1v) is 11.0. The summed E-state index contributed by atoms with van der Waals surface area (Å²) in [5.74, 6) is 0.666. The Balaban J connectivity index is 1.41. The van der Waals surface area contributed by atoms with E-state index in [4.69, 9.17) is 4.74 Å². The van der Waals surface area contributed by atoms with Gasteiger partial charge in [0, 0.05) is 30.3 Å². The number of ketones is 1.